The van der Waals surface area contributed by atoms with E-state index in [0.29, 0.717) is 17.7 Å². The van der Waals surface area contributed by atoms with Crippen LogP contribution in [0, 0.1) is 13.8 Å². The Hall–Kier alpha value is -3.12. The van der Waals surface area contributed by atoms with Gasteiger partial charge in [0.05, 0.1) is 10.6 Å². The normalized spacial score (nSPS) is 15.7. The number of nitrogens with zero attached hydrogens (tertiary/aromatic N) is 1. The smallest absolute Gasteiger partial charge is 0.264 e. The number of amides is 1. The number of hydrogen-bond acceptors (Lipinski definition) is 3. The van der Waals surface area contributed by atoms with E-state index in [1.807, 2.05) is 39.0 Å². The first-order valence-corrected chi connectivity index (χ1v) is 11.3. The van der Waals surface area contributed by atoms with Gasteiger partial charge in [-0.15, -0.1) is 0 Å². The van der Waals surface area contributed by atoms with Gasteiger partial charge in [-0.25, -0.2) is 8.42 Å². The van der Waals surface area contributed by atoms with Crippen LogP contribution in [0.3, 0.4) is 0 Å². The summed E-state index contributed by atoms with van der Waals surface area (Å²) in [5.74, 6) is -0.205. The van der Waals surface area contributed by atoms with E-state index in [-0.39, 0.29) is 16.8 Å². The minimum Gasteiger partial charge on any atom is -0.322 e. The topological polar surface area (TPSA) is 66.5 Å². The number of benzene rings is 3. The second kappa shape index (κ2) is 7.61. The molecule has 154 valence electrons. The fourth-order valence-corrected chi connectivity index (χ4v) is 5.61. The van der Waals surface area contributed by atoms with Crippen molar-refractivity contribution in [2.45, 2.75) is 38.1 Å². The van der Waals surface area contributed by atoms with Crippen molar-refractivity contribution < 1.29 is 13.2 Å². The minimum absolute atomic E-state index is 0.205. The Morgan fingerprint density at radius 3 is 2.47 bits per heavy atom. The van der Waals surface area contributed by atoms with Crippen LogP contribution in [0.4, 0.5) is 11.4 Å². The van der Waals surface area contributed by atoms with Crippen LogP contribution in [0.2, 0.25) is 0 Å². The zero-order valence-corrected chi connectivity index (χ0v) is 18.0. The van der Waals surface area contributed by atoms with E-state index in [2.05, 4.69) is 5.32 Å². The Bertz CT molecular complexity index is 1220. The van der Waals surface area contributed by atoms with Crippen molar-refractivity contribution in [3.05, 3.63) is 89.0 Å². The van der Waals surface area contributed by atoms with Gasteiger partial charge in [0.25, 0.3) is 15.9 Å². The molecule has 3 aromatic rings. The van der Waals surface area contributed by atoms with Crippen LogP contribution in [-0.4, -0.2) is 20.4 Å². The van der Waals surface area contributed by atoms with Gasteiger partial charge in [-0.2, -0.15) is 0 Å². The monoisotopic (exact) mass is 420 g/mol. The summed E-state index contributed by atoms with van der Waals surface area (Å²) in [6.07, 6.45) is 0.561. The van der Waals surface area contributed by atoms with Crippen LogP contribution >= 0.6 is 0 Å². The molecule has 3 aromatic carbocycles. The Morgan fingerprint density at radius 1 is 1.00 bits per heavy atom. The maximum atomic E-state index is 13.2. The molecule has 0 saturated carbocycles. The highest BCUT2D eigenvalue weighted by molar-refractivity contribution is 7.92. The van der Waals surface area contributed by atoms with Crippen LogP contribution in [0.1, 0.15) is 34.0 Å². The molecule has 0 radical (unpaired) electrons. The molecule has 0 bridgehead atoms. The third-order valence-corrected chi connectivity index (χ3v) is 7.59. The van der Waals surface area contributed by atoms with E-state index in [1.54, 1.807) is 48.5 Å². The molecule has 1 heterocycles. The summed E-state index contributed by atoms with van der Waals surface area (Å²) in [6, 6.07) is 19.2. The van der Waals surface area contributed by atoms with Gasteiger partial charge in [-0.1, -0.05) is 30.3 Å². The average molecular weight is 421 g/mol. The number of fused-ring (bicyclic) bond motifs is 1. The van der Waals surface area contributed by atoms with Gasteiger partial charge in [0.15, 0.2) is 0 Å². The molecule has 1 amide bonds. The quantitative estimate of drug-likeness (QED) is 0.666. The Balaban J connectivity index is 1.64. The third-order valence-electron chi connectivity index (χ3n) is 5.65. The first-order chi connectivity index (χ1) is 14.3. The third kappa shape index (κ3) is 3.48. The van der Waals surface area contributed by atoms with Crippen molar-refractivity contribution in [2.75, 3.05) is 9.62 Å². The lowest BCUT2D eigenvalue weighted by atomic mass is 10.1. The van der Waals surface area contributed by atoms with Crippen molar-refractivity contribution in [1.82, 2.24) is 0 Å². The Morgan fingerprint density at radius 2 is 1.73 bits per heavy atom. The predicted molar refractivity (Wildman–Crippen MR) is 120 cm³/mol. The fourth-order valence-electron chi connectivity index (χ4n) is 3.90. The number of carbonyl (C=O) groups excluding carboxylic acids is 1. The van der Waals surface area contributed by atoms with Crippen LogP contribution in [0.5, 0.6) is 0 Å². The Labute approximate surface area is 177 Å². The van der Waals surface area contributed by atoms with Gasteiger partial charge in [0.1, 0.15) is 0 Å². The molecular formula is C24H24N2O3S. The molecule has 0 unspecified atom stereocenters. The number of nitrogens with one attached hydrogen (secondary N) is 1. The molecule has 5 nitrogen and oxygen atoms in total. The number of aryl methyl sites for hydroxylation is 1. The minimum atomic E-state index is -3.66. The molecule has 6 heteroatoms. The van der Waals surface area contributed by atoms with E-state index in [9.17, 15) is 13.2 Å². The summed E-state index contributed by atoms with van der Waals surface area (Å²) in [5, 5.41) is 2.97. The Kier molecular flexibility index (Phi) is 5.12. The van der Waals surface area contributed by atoms with Gasteiger partial charge in [-0.05, 0) is 80.3 Å². The number of anilines is 2. The summed E-state index contributed by atoms with van der Waals surface area (Å²) in [6.45, 7) is 5.86. The van der Waals surface area contributed by atoms with E-state index in [1.165, 1.54) is 4.31 Å². The van der Waals surface area contributed by atoms with Crippen LogP contribution in [0.25, 0.3) is 0 Å². The number of sulfonamides is 1. The zero-order valence-electron chi connectivity index (χ0n) is 17.2. The van der Waals surface area contributed by atoms with Crippen LogP contribution < -0.4 is 9.62 Å². The van der Waals surface area contributed by atoms with Gasteiger partial charge >= 0.3 is 0 Å². The second-order valence-corrected chi connectivity index (χ2v) is 9.53. The number of rotatable bonds is 4. The highest BCUT2D eigenvalue weighted by Gasteiger charge is 2.36. The van der Waals surface area contributed by atoms with Gasteiger partial charge < -0.3 is 5.32 Å². The SMILES string of the molecule is Cc1cccc(NC(=O)c2ccc3c(c2)C[C@H](C)N3S(=O)(=O)c2ccccc2)c1C. The molecule has 1 atom stereocenters. The molecule has 0 saturated heterocycles. The molecule has 4 rings (SSSR count). The number of carbonyl (C=O) groups is 1. The van der Waals surface area contributed by atoms with Gasteiger partial charge in [0.2, 0.25) is 0 Å². The van der Waals surface area contributed by atoms with Gasteiger partial charge in [-0.3, -0.25) is 9.10 Å². The number of hydrogen-bond donors (Lipinski definition) is 1. The fraction of sp³-hybridized carbons (Fsp3) is 0.208. The largest absolute Gasteiger partial charge is 0.322 e. The molecule has 0 spiro atoms. The summed E-state index contributed by atoms with van der Waals surface area (Å²) in [7, 11) is -3.66. The lowest BCUT2D eigenvalue weighted by molar-refractivity contribution is 0.102. The summed E-state index contributed by atoms with van der Waals surface area (Å²) >= 11 is 0. The average Bonchev–Trinajstić information content (AvgIpc) is 3.07. The predicted octanol–water partition coefficient (Wildman–Crippen LogP) is 4.70. The second-order valence-electron chi connectivity index (χ2n) is 7.71. The molecule has 0 aromatic heterocycles. The molecular weight excluding hydrogens is 396 g/mol. The molecule has 1 N–H and O–H groups in total. The van der Waals surface area contributed by atoms with Crippen LogP contribution in [0.15, 0.2) is 71.6 Å². The standard InChI is InChI=1S/C24H24N2O3S/c1-16-8-7-11-22(18(16)3)25-24(27)19-12-13-23-20(15-19)14-17(2)26(23)30(28,29)21-9-5-4-6-10-21/h4-13,15,17H,14H2,1-3H3,(H,25,27)/t17-/m0/s1. The van der Waals surface area contributed by atoms with Crippen molar-refractivity contribution in [1.29, 1.82) is 0 Å². The van der Waals surface area contributed by atoms with E-state index < -0.39 is 10.0 Å². The first kappa shape index (κ1) is 20.2. The summed E-state index contributed by atoms with van der Waals surface area (Å²) < 4.78 is 27.8. The van der Waals surface area contributed by atoms with E-state index >= 15 is 0 Å². The first-order valence-electron chi connectivity index (χ1n) is 9.89. The highest BCUT2D eigenvalue weighted by atomic mass is 32.2. The lowest BCUT2D eigenvalue weighted by Crippen LogP contribution is -2.35. The molecule has 0 aliphatic carbocycles. The summed E-state index contributed by atoms with van der Waals surface area (Å²) in [4.78, 5) is 13.1. The van der Waals surface area contributed by atoms with Crippen molar-refractivity contribution in [3.8, 4) is 0 Å². The maximum Gasteiger partial charge on any atom is 0.264 e. The molecule has 1 aliphatic heterocycles. The molecule has 0 fully saturated rings. The molecule has 30 heavy (non-hydrogen) atoms. The maximum absolute atomic E-state index is 13.2. The van der Waals surface area contributed by atoms with E-state index in [4.69, 9.17) is 0 Å². The van der Waals surface area contributed by atoms with Crippen LogP contribution in [-0.2, 0) is 16.4 Å². The summed E-state index contributed by atoms with van der Waals surface area (Å²) in [5.41, 5.74) is 4.92. The van der Waals surface area contributed by atoms with E-state index in [0.717, 1.165) is 22.4 Å². The van der Waals surface area contributed by atoms with Crippen molar-refractivity contribution in [2.24, 2.45) is 0 Å². The highest BCUT2D eigenvalue weighted by Crippen LogP contribution is 2.37. The van der Waals surface area contributed by atoms with Crippen molar-refractivity contribution in [3.63, 3.8) is 0 Å². The zero-order chi connectivity index (χ0) is 21.5. The lowest BCUT2D eigenvalue weighted by Gasteiger charge is -2.24. The molecule has 1 aliphatic rings. The van der Waals surface area contributed by atoms with Crippen molar-refractivity contribution >= 4 is 27.3 Å². The van der Waals surface area contributed by atoms with Gasteiger partial charge in [0, 0.05) is 17.3 Å².